The highest BCUT2D eigenvalue weighted by molar-refractivity contribution is 6.00. The van der Waals surface area contributed by atoms with Gasteiger partial charge < -0.3 is 16.5 Å². The summed E-state index contributed by atoms with van der Waals surface area (Å²) in [6.07, 6.45) is 5.09. The molecule has 0 aliphatic heterocycles. The van der Waals surface area contributed by atoms with Crippen molar-refractivity contribution in [3.05, 3.63) is 30.7 Å². The van der Waals surface area contributed by atoms with E-state index in [-0.39, 0.29) is 5.95 Å². The molecule has 0 aromatic carbocycles. The van der Waals surface area contributed by atoms with Crippen molar-refractivity contribution in [2.75, 3.05) is 11.5 Å². The Morgan fingerprint density at radius 1 is 1.06 bits per heavy atom. The Hall–Kier alpha value is -2.63. The molecule has 0 bridgehead atoms. The summed E-state index contributed by atoms with van der Waals surface area (Å²) in [5.74, 6) is 0.235. The largest absolute Gasteiger partial charge is 0.398 e. The highest BCUT2D eigenvalue weighted by Crippen LogP contribution is 2.30. The number of nitrogens with zero attached hydrogens (tertiary/aromatic N) is 3. The lowest BCUT2D eigenvalue weighted by Gasteiger charge is -2.01. The van der Waals surface area contributed by atoms with Crippen LogP contribution in [0.4, 0.5) is 11.6 Å². The fraction of sp³-hybridized carbons (Fsp3) is 0. The average molecular weight is 226 g/mol. The third-order valence-electron chi connectivity index (χ3n) is 2.56. The van der Waals surface area contributed by atoms with Crippen molar-refractivity contribution < 1.29 is 0 Å². The van der Waals surface area contributed by atoms with Crippen molar-refractivity contribution >= 4 is 22.7 Å². The molecule has 84 valence electrons. The number of pyridine rings is 1. The van der Waals surface area contributed by atoms with Crippen LogP contribution >= 0.6 is 0 Å². The molecule has 3 rings (SSSR count). The van der Waals surface area contributed by atoms with E-state index in [0.717, 1.165) is 22.3 Å². The summed E-state index contributed by atoms with van der Waals surface area (Å²) in [5.41, 5.74) is 14.5. The Bertz CT molecular complexity index is 687. The molecule has 0 atom stereocenters. The first-order valence-corrected chi connectivity index (χ1v) is 5.06. The number of fused-ring (bicyclic) bond motifs is 1. The molecule has 5 N–H and O–H groups in total. The Kier molecular flexibility index (Phi) is 1.94. The second kappa shape index (κ2) is 3.44. The van der Waals surface area contributed by atoms with Gasteiger partial charge in [0.2, 0.25) is 5.95 Å². The Balaban J connectivity index is 2.31. The predicted molar refractivity (Wildman–Crippen MR) is 65.9 cm³/mol. The summed E-state index contributed by atoms with van der Waals surface area (Å²) in [5, 5.41) is 0.852. The van der Waals surface area contributed by atoms with Crippen molar-refractivity contribution in [3.8, 4) is 11.3 Å². The van der Waals surface area contributed by atoms with Gasteiger partial charge in [0.1, 0.15) is 5.65 Å². The number of rotatable bonds is 1. The summed E-state index contributed by atoms with van der Waals surface area (Å²) >= 11 is 0. The van der Waals surface area contributed by atoms with Gasteiger partial charge in [-0.2, -0.15) is 0 Å². The van der Waals surface area contributed by atoms with Crippen LogP contribution in [0.15, 0.2) is 30.7 Å². The summed E-state index contributed by atoms with van der Waals surface area (Å²) in [7, 11) is 0. The lowest BCUT2D eigenvalue weighted by Crippen LogP contribution is -1.95. The first-order valence-electron chi connectivity index (χ1n) is 5.06. The molecule has 3 heterocycles. The molecule has 0 spiro atoms. The summed E-state index contributed by atoms with van der Waals surface area (Å²) in [6.45, 7) is 0. The molecule has 0 unspecified atom stereocenters. The van der Waals surface area contributed by atoms with E-state index in [9.17, 15) is 0 Å². The van der Waals surface area contributed by atoms with Crippen LogP contribution < -0.4 is 11.5 Å². The van der Waals surface area contributed by atoms with Crippen LogP contribution in [0.25, 0.3) is 22.3 Å². The quantitative estimate of drug-likeness (QED) is 0.577. The van der Waals surface area contributed by atoms with E-state index in [1.54, 1.807) is 24.5 Å². The third-order valence-corrected chi connectivity index (χ3v) is 2.56. The van der Waals surface area contributed by atoms with Gasteiger partial charge in [0, 0.05) is 29.8 Å². The van der Waals surface area contributed by atoms with Crippen molar-refractivity contribution in [3.63, 3.8) is 0 Å². The zero-order valence-electron chi connectivity index (χ0n) is 8.88. The molecule has 0 aliphatic carbocycles. The van der Waals surface area contributed by atoms with E-state index in [2.05, 4.69) is 19.9 Å². The summed E-state index contributed by atoms with van der Waals surface area (Å²) < 4.78 is 0. The number of aromatic amines is 1. The van der Waals surface area contributed by atoms with Crippen molar-refractivity contribution in [2.24, 2.45) is 0 Å². The minimum atomic E-state index is 0.235. The van der Waals surface area contributed by atoms with E-state index in [1.165, 1.54) is 0 Å². The fourth-order valence-electron chi connectivity index (χ4n) is 1.81. The fourth-order valence-corrected chi connectivity index (χ4v) is 1.81. The Morgan fingerprint density at radius 3 is 2.71 bits per heavy atom. The smallest absolute Gasteiger partial charge is 0.220 e. The van der Waals surface area contributed by atoms with Gasteiger partial charge in [-0.3, -0.25) is 0 Å². The molecule has 0 saturated carbocycles. The van der Waals surface area contributed by atoms with Gasteiger partial charge >= 0.3 is 0 Å². The maximum atomic E-state index is 5.94. The standard InChI is InChI=1S/C11H10N6/c12-7-1-3-14-10-9(7)6(5-16-10)8-2-4-15-11(13)17-8/h1-5H,(H3,12,14,16)(H2,13,15,17). The topological polar surface area (TPSA) is 106 Å². The minimum absolute atomic E-state index is 0.235. The number of anilines is 2. The van der Waals surface area contributed by atoms with Crippen LogP contribution in [0, 0.1) is 0 Å². The Morgan fingerprint density at radius 2 is 1.88 bits per heavy atom. The summed E-state index contributed by atoms with van der Waals surface area (Å²) in [6, 6.07) is 3.54. The van der Waals surface area contributed by atoms with Crippen LogP contribution in [0.1, 0.15) is 0 Å². The van der Waals surface area contributed by atoms with Crippen LogP contribution in [0.2, 0.25) is 0 Å². The molecule has 6 heteroatoms. The van der Waals surface area contributed by atoms with Crippen LogP contribution in [-0.4, -0.2) is 19.9 Å². The second-order valence-electron chi connectivity index (χ2n) is 3.63. The number of hydrogen-bond acceptors (Lipinski definition) is 5. The highest BCUT2D eigenvalue weighted by atomic mass is 15.0. The number of H-pyrrole nitrogens is 1. The molecule has 0 fully saturated rings. The molecule has 0 saturated heterocycles. The van der Waals surface area contributed by atoms with Crippen molar-refractivity contribution in [1.82, 2.24) is 19.9 Å². The van der Waals surface area contributed by atoms with Gasteiger partial charge in [-0.1, -0.05) is 0 Å². The molecule has 0 radical (unpaired) electrons. The molecule has 6 nitrogen and oxygen atoms in total. The van der Waals surface area contributed by atoms with Gasteiger partial charge in [0.05, 0.1) is 11.1 Å². The third kappa shape index (κ3) is 1.46. The molecular weight excluding hydrogens is 216 g/mol. The van der Waals surface area contributed by atoms with Crippen molar-refractivity contribution in [2.45, 2.75) is 0 Å². The van der Waals surface area contributed by atoms with Gasteiger partial charge in [0.15, 0.2) is 0 Å². The van der Waals surface area contributed by atoms with Gasteiger partial charge in [-0.25, -0.2) is 15.0 Å². The van der Waals surface area contributed by atoms with E-state index >= 15 is 0 Å². The second-order valence-corrected chi connectivity index (χ2v) is 3.63. The molecule has 17 heavy (non-hydrogen) atoms. The first kappa shape index (κ1) is 9.59. The van der Waals surface area contributed by atoms with Gasteiger partial charge in [-0.05, 0) is 12.1 Å². The molecular formula is C11H10N6. The molecule has 0 amide bonds. The lowest BCUT2D eigenvalue weighted by atomic mass is 10.1. The maximum Gasteiger partial charge on any atom is 0.220 e. The first-order chi connectivity index (χ1) is 8.25. The van der Waals surface area contributed by atoms with E-state index in [4.69, 9.17) is 11.5 Å². The lowest BCUT2D eigenvalue weighted by molar-refractivity contribution is 1.19. The van der Waals surface area contributed by atoms with E-state index < -0.39 is 0 Å². The minimum Gasteiger partial charge on any atom is -0.398 e. The highest BCUT2D eigenvalue weighted by Gasteiger charge is 2.10. The SMILES string of the molecule is Nc1nccc(-c2c[nH]c3nccc(N)c23)n1. The van der Waals surface area contributed by atoms with Crippen molar-refractivity contribution in [1.29, 1.82) is 0 Å². The van der Waals surface area contributed by atoms with Gasteiger partial charge in [-0.15, -0.1) is 0 Å². The number of nitrogens with one attached hydrogen (secondary N) is 1. The average Bonchev–Trinajstić information content (AvgIpc) is 2.74. The zero-order chi connectivity index (χ0) is 11.8. The zero-order valence-corrected chi connectivity index (χ0v) is 8.88. The molecule has 0 aliphatic rings. The monoisotopic (exact) mass is 226 g/mol. The van der Waals surface area contributed by atoms with Crippen LogP contribution in [0.5, 0.6) is 0 Å². The number of aromatic nitrogens is 4. The van der Waals surface area contributed by atoms with E-state index in [0.29, 0.717) is 5.69 Å². The van der Waals surface area contributed by atoms with E-state index in [1.807, 2.05) is 6.20 Å². The van der Waals surface area contributed by atoms with Crippen LogP contribution in [-0.2, 0) is 0 Å². The molecule has 3 aromatic rings. The predicted octanol–water partition coefficient (Wildman–Crippen LogP) is 1.18. The van der Waals surface area contributed by atoms with Crippen LogP contribution in [0.3, 0.4) is 0 Å². The normalized spacial score (nSPS) is 10.8. The summed E-state index contributed by atoms with van der Waals surface area (Å²) in [4.78, 5) is 15.3. The number of hydrogen-bond donors (Lipinski definition) is 3. The number of nitrogens with two attached hydrogens (primary N) is 2. The van der Waals surface area contributed by atoms with Gasteiger partial charge in [0.25, 0.3) is 0 Å². The number of nitrogen functional groups attached to an aromatic ring is 2. The molecule has 3 aromatic heterocycles. The Labute approximate surface area is 96.7 Å². The maximum absolute atomic E-state index is 5.94.